The van der Waals surface area contributed by atoms with Crippen LogP contribution in [0.15, 0.2) is 30.3 Å². The fourth-order valence-electron chi connectivity index (χ4n) is 3.35. The zero-order chi connectivity index (χ0) is 14.2. The van der Waals surface area contributed by atoms with Gasteiger partial charge >= 0.3 is 0 Å². The number of hydrogen-bond donors (Lipinski definition) is 1. The summed E-state index contributed by atoms with van der Waals surface area (Å²) < 4.78 is 0. The van der Waals surface area contributed by atoms with Gasteiger partial charge in [-0.15, -0.1) is 0 Å². The number of rotatable bonds is 7. The number of piperidine rings is 1. The van der Waals surface area contributed by atoms with Gasteiger partial charge in [-0.05, 0) is 37.9 Å². The normalized spacial score (nSPS) is 21.1. The highest BCUT2D eigenvalue weighted by molar-refractivity contribution is 5.19. The molecule has 2 heteroatoms. The van der Waals surface area contributed by atoms with Crippen molar-refractivity contribution in [2.45, 2.75) is 58.0 Å². The molecule has 2 nitrogen and oxygen atoms in total. The molecule has 0 amide bonds. The molecule has 2 rings (SSSR count). The fraction of sp³-hybridized carbons (Fsp3) is 0.667. The van der Waals surface area contributed by atoms with Crippen molar-refractivity contribution in [2.24, 2.45) is 0 Å². The summed E-state index contributed by atoms with van der Waals surface area (Å²) >= 11 is 0. The zero-order valence-corrected chi connectivity index (χ0v) is 13.1. The van der Waals surface area contributed by atoms with E-state index in [0.717, 1.165) is 6.54 Å². The molecule has 0 aromatic heterocycles. The molecule has 2 unspecified atom stereocenters. The molecule has 1 aliphatic rings. The molecule has 0 bridgehead atoms. The van der Waals surface area contributed by atoms with Crippen LogP contribution in [0.4, 0.5) is 0 Å². The standard InChI is InChI=1S/C18H30N2/c1-3-10-18(16-11-6-5-7-12-16)20(4-2)15-17-13-8-9-14-19-17/h5-7,11-12,17-19H,3-4,8-10,13-15H2,1-2H3. The summed E-state index contributed by atoms with van der Waals surface area (Å²) in [6, 6.07) is 12.3. The van der Waals surface area contributed by atoms with Crippen molar-refractivity contribution in [3.05, 3.63) is 35.9 Å². The highest BCUT2D eigenvalue weighted by Gasteiger charge is 2.22. The van der Waals surface area contributed by atoms with Crippen LogP contribution in [0.5, 0.6) is 0 Å². The summed E-state index contributed by atoms with van der Waals surface area (Å²) in [6.07, 6.45) is 6.57. The van der Waals surface area contributed by atoms with Crippen molar-refractivity contribution in [2.75, 3.05) is 19.6 Å². The van der Waals surface area contributed by atoms with E-state index in [4.69, 9.17) is 0 Å². The largest absolute Gasteiger partial charge is 0.313 e. The van der Waals surface area contributed by atoms with E-state index in [1.54, 1.807) is 0 Å². The van der Waals surface area contributed by atoms with Crippen LogP contribution < -0.4 is 5.32 Å². The summed E-state index contributed by atoms with van der Waals surface area (Å²) in [5, 5.41) is 3.69. The predicted molar refractivity (Wildman–Crippen MR) is 87.0 cm³/mol. The van der Waals surface area contributed by atoms with Crippen molar-refractivity contribution in [1.29, 1.82) is 0 Å². The fourth-order valence-corrected chi connectivity index (χ4v) is 3.35. The third-order valence-corrected chi connectivity index (χ3v) is 4.46. The first-order chi connectivity index (χ1) is 9.85. The van der Waals surface area contributed by atoms with Crippen LogP contribution in [0.25, 0.3) is 0 Å². The van der Waals surface area contributed by atoms with Crippen LogP contribution in [-0.4, -0.2) is 30.6 Å². The van der Waals surface area contributed by atoms with E-state index < -0.39 is 0 Å². The lowest BCUT2D eigenvalue weighted by molar-refractivity contribution is 0.165. The minimum Gasteiger partial charge on any atom is -0.313 e. The average Bonchev–Trinajstić information content (AvgIpc) is 2.52. The lowest BCUT2D eigenvalue weighted by Crippen LogP contribution is -2.44. The molecule has 20 heavy (non-hydrogen) atoms. The quantitative estimate of drug-likeness (QED) is 0.808. The smallest absolute Gasteiger partial charge is 0.0348 e. The Labute approximate surface area is 124 Å². The van der Waals surface area contributed by atoms with E-state index >= 15 is 0 Å². The van der Waals surface area contributed by atoms with Crippen LogP contribution in [-0.2, 0) is 0 Å². The lowest BCUT2D eigenvalue weighted by atomic mass is 9.98. The first-order valence-electron chi connectivity index (χ1n) is 8.37. The van der Waals surface area contributed by atoms with Crippen molar-refractivity contribution in [1.82, 2.24) is 10.2 Å². The summed E-state index contributed by atoms with van der Waals surface area (Å²) in [5.74, 6) is 0. The molecule has 1 heterocycles. The molecule has 0 spiro atoms. The Morgan fingerprint density at radius 2 is 2.00 bits per heavy atom. The first-order valence-corrected chi connectivity index (χ1v) is 8.37. The number of nitrogens with one attached hydrogen (secondary N) is 1. The molecular formula is C18H30N2. The molecule has 1 N–H and O–H groups in total. The number of benzene rings is 1. The van der Waals surface area contributed by atoms with Gasteiger partial charge in [-0.25, -0.2) is 0 Å². The highest BCUT2D eigenvalue weighted by atomic mass is 15.2. The second-order valence-electron chi connectivity index (χ2n) is 5.95. The summed E-state index contributed by atoms with van der Waals surface area (Å²) in [7, 11) is 0. The Morgan fingerprint density at radius 3 is 2.60 bits per heavy atom. The molecule has 0 radical (unpaired) electrons. The van der Waals surface area contributed by atoms with Gasteiger partial charge < -0.3 is 5.32 Å². The lowest BCUT2D eigenvalue weighted by Gasteiger charge is -2.35. The molecule has 112 valence electrons. The van der Waals surface area contributed by atoms with Gasteiger partial charge in [0.15, 0.2) is 0 Å². The van der Waals surface area contributed by atoms with Gasteiger partial charge in [-0.2, -0.15) is 0 Å². The van der Waals surface area contributed by atoms with Crippen LogP contribution in [0.3, 0.4) is 0 Å². The Bertz CT molecular complexity index is 357. The Balaban J connectivity index is 2.04. The monoisotopic (exact) mass is 274 g/mol. The maximum atomic E-state index is 3.69. The Morgan fingerprint density at radius 1 is 1.20 bits per heavy atom. The molecule has 1 aromatic carbocycles. The topological polar surface area (TPSA) is 15.3 Å². The molecule has 0 saturated carbocycles. The van der Waals surface area contributed by atoms with E-state index in [-0.39, 0.29) is 0 Å². The van der Waals surface area contributed by atoms with Crippen molar-refractivity contribution in [3.8, 4) is 0 Å². The first kappa shape index (κ1) is 15.5. The third-order valence-electron chi connectivity index (χ3n) is 4.46. The SMILES string of the molecule is CCCC(c1ccccc1)N(CC)CC1CCCCN1. The van der Waals surface area contributed by atoms with E-state index in [9.17, 15) is 0 Å². The van der Waals surface area contributed by atoms with Gasteiger partial charge in [0.2, 0.25) is 0 Å². The molecule has 2 atom stereocenters. The van der Waals surface area contributed by atoms with Crippen LogP contribution >= 0.6 is 0 Å². The maximum Gasteiger partial charge on any atom is 0.0348 e. The minimum atomic E-state index is 0.579. The maximum absolute atomic E-state index is 3.69. The van der Waals surface area contributed by atoms with Gasteiger partial charge in [0.1, 0.15) is 0 Å². The number of hydrogen-bond acceptors (Lipinski definition) is 2. The molecule has 1 fully saturated rings. The van der Waals surface area contributed by atoms with Gasteiger partial charge in [0.25, 0.3) is 0 Å². The Hall–Kier alpha value is -0.860. The second-order valence-corrected chi connectivity index (χ2v) is 5.95. The molecule has 1 saturated heterocycles. The third kappa shape index (κ3) is 4.32. The number of likely N-dealkylation sites (N-methyl/N-ethyl adjacent to an activating group) is 1. The van der Waals surface area contributed by atoms with Gasteiger partial charge in [0.05, 0.1) is 0 Å². The average molecular weight is 274 g/mol. The van der Waals surface area contributed by atoms with Gasteiger partial charge in [-0.3, -0.25) is 4.90 Å². The summed E-state index contributed by atoms with van der Waals surface area (Å²) in [4.78, 5) is 2.67. The van der Waals surface area contributed by atoms with Crippen LogP contribution in [0.2, 0.25) is 0 Å². The van der Waals surface area contributed by atoms with Crippen molar-refractivity contribution >= 4 is 0 Å². The summed E-state index contributed by atoms with van der Waals surface area (Å²) in [6.45, 7) is 8.12. The van der Waals surface area contributed by atoms with E-state index in [1.807, 2.05) is 0 Å². The highest BCUT2D eigenvalue weighted by Crippen LogP contribution is 2.26. The van der Waals surface area contributed by atoms with E-state index in [1.165, 1.54) is 50.8 Å². The van der Waals surface area contributed by atoms with Crippen molar-refractivity contribution < 1.29 is 0 Å². The van der Waals surface area contributed by atoms with Crippen molar-refractivity contribution in [3.63, 3.8) is 0 Å². The van der Waals surface area contributed by atoms with Crippen LogP contribution in [0, 0.1) is 0 Å². The van der Waals surface area contributed by atoms with Crippen LogP contribution in [0.1, 0.15) is 57.6 Å². The van der Waals surface area contributed by atoms with E-state index in [0.29, 0.717) is 12.1 Å². The molecule has 1 aliphatic heterocycles. The molecule has 1 aromatic rings. The Kier molecular flexibility index (Phi) is 6.55. The van der Waals surface area contributed by atoms with E-state index in [2.05, 4.69) is 54.4 Å². The van der Waals surface area contributed by atoms with Gasteiger partial charge in [-0.1, -0.05) is 57.0 Å². The molecular weight excluding hydrogens is 244 g/mol. The predicted octanol–water partition coefficient (Wildman–Crippen LogP) is 3.99. The zero-order valence-electron chi connectivity index (χ0n) is 13.1. The second kappa shape index (κ2) is 8.43. The summed E-state index contributed by atoms with van der Waals surface area (Å²) in [5.41, 5.74) is 1.48. The number of nitrogens with zero attached hydrogens (tertiary/aromatic N) is 1. The molecule has 0 aliphatic carbocycles. The minimum absolute atomic E-state index is 0.579. The van der Waals surface area contributed by atoms with Gasteiger partial charge in [0, 0.05) is 18.6 Å².